The second-order valence-electron chi connectivity index (χ2n) is 3.98. The van der Waals surface area contributed by atoms with E-state index in [0.29, 0.717) is 18.2 Å². The predicted octanol–water partition coefficient (Wildman–Crippen LogP) is 2.05. The first-order valence-electron chi connectivity index (χ1n) is 5.30. The number of terminal acetylenes is 1. The van der Waals surface area contributed by atoms with E-state index in [-0.39, 0.29) is 0 Å². The quantitative estimate of drug-likeness (QED) is 0.714. The highest BCUT2D eigenvalue weighted by Gasteiger charge is 2.08. The van der Waals surface area contributed by atoms with Crippen LogP contribution in [0.5, 0.6) is 0 Å². The Morgan fingerprint density at radius 1 is 1.38 bits per heavy atom. The van der Waals surface area contributed by atoms with Crippen molar-refractivity contribution in [3.8, 4) is 18.4 Å². The van der Waals surface area contributed by atoms with Crippen molar-refractivity contribution >= 4 is 0 Å². The van der Waals surface area contributed by atoms with Gasteiger partial charge in [0.1, 0.15) is 0 Å². The molecular weight excluding hydrogens is 196 g/mol. The summed E-state index contributed by atoms with van der Waals surface area (Å²) in [6.07, 6.45) is 6.22. The molecule has 1 aromatic carbocycles. The molecular formula is C14H16N2. The van der Waals surface area contributed by atoms with E-state index in [9.17, 15) is 0 Å². The standard InChI is InChI=1S/C14H16N2/c1-4-9-16(3)12(2)10-13-5-7-14(11-15)8-6-13/h1,5-8,12H,9-10H2,2-3H3/t12-/m1/s1. The van der Waals surface area contributed by atoms with Gasteiger partial charge in [-0.2, -0.15) is 5.26 Å². The minimum atomic E-state index is 0.406. The van der Waals surface area contributed by atoms with E-state index in [2.05, 4.69) is 23.8 Å². The van der Waals surface area contributed by atoms with Crippen LogP contribution in [0.1, 0.15) is 18.1 Å². The lowest BCUT2D eigenvalue weighted by Gasteiger charge is -2.22. The second-order valence-corrected chi connectivity index (χ2v) is 3.98. The number of likely N-dealkylation sites (N-methyl/N-ethyl adjacent to an activating group) is 1. The Kier molecular flexibility index (Phi) is 4.58. The van der Waals surface area contributed by atoms with Gasteiger partial charge in [0.15, 0.2) is 0 Å². The van der Waals surface area contributed by atoms with Gasteiger partial charge in [-0.1, -0.05) is 18.1 Å². The maximum absolute atomic E-state index is 8.69. The molecule has 0 radical (unpaired) electrons. The van der Waals surface area contributed by atoms with Crippen LogP contribution in [0.15, 0.2) is 24.3 Å². The van der Waals surface area contributed by atoms with Gasteiger partial charge in [-0.05, 0) is 38.1 Å². The molecule has 0 saturated carbocycles. The molecule has 0 aliphatic rings. The van der Waals surface area contributed by atoms with Gasteiger partial charge in [0, 0.05) is 6.04 Å². The molecule has 0 spiro atoms. The first kappa shape index (κ1) is 12.3. The summed E-state index contributed by atoms with van der Waals surface area (Å²) in [6, 6.07) is 10.2. The van der Waals surface area contributed by atoms with E-state index in [0.717, 1.165) is 6.42 Å². The summed E-state index contributed by atoms with van der Waals surface area (Å²) in [4.78, 5) is 2.14. The molecule has 0 bridgehead atoms. The summed E-state index contributed by atoms with van der Waals surface area (Å²) in [5.41, 5.74) is 1.93. The summed E-state index contributed by atoms with van der Waals surface area (Å²) in [5.74, 6) is 2.64. The van der Waals surface area contributed by atoms with Crippen molar-refractivity contribution in [1.82, 2.24) is 4.90 Å². The molecule has 0 aromatic heterocycles. The summed E-state index contributed by atoms with van der Waals surface area (Å²) in [6.45, 7) is 2.81. The molecule has 0 saturated heterocycles. The predicted molar refractivity (Wildman–Crippen MR) is 65.8 cm³/mol. The van der Waals surface area contributed by atoms with Crippen molar-refractivity contribution in [2.45, 2.75) is 19.4 Å². The fourth-order valence-electron chi connectivity index (χ4n) is 1.51. The van der Waals surface area contributed by atoms with E-state index in [4.69, 9.17) is 11.7 Å². The van der Waals surface area contributed by atoms with Crippen molar-refractivity contribution in [3.63, 3.8) is 0 Å². The summed E-state index contributed by atoms with van der Waals surface area (Å²) < 4.78 is 0. The number of rotatable bonds is 4. The van der Waals surface area contributed by atoms with Crippen molar-refractivity contribution in [1.29, 1.82) is 5.26 Å². The SMILES string of the molecule is C#CCN(C)[C@H](C)Cc1ccc(C#N)cc1. The van der Waals surface area contributed by atoms with Gasteiger partial charge in [-0.3, -0.25) is 4.90 Å². The molecule has 0 N–H and O–H groups in total. The molecule has 1 rings (SSSR count). The highest BCUT2D eigenvalue weighted by molar-refractivity contribution is 5.31. The third-order valence-electron chi connectivity index (χ3n) is 2.71. The second kappa shape index (κ2) is 5.95. The van der Waals surface area contributed by atoms with Crippen LogP contribution in [0.3, 0.4) is 0 Å². The maximum Gasteiger partial charge on any atom is 0.0991 e. The average molecular weight is 212 g/mol. The molecule has 1 atom stereocenters. The summed E-state index contributed by atoms with van der Waals surface area (Å²) in [5, 5.41) is 8.69. The smallest absolute Gasteiger partial charge is 0.0991 e. The fraction of sp³-hybridized carbons (Fsp3) is 0.357. The Bertz CT molecular complexity index is 406. The third kappa shape index (κ3) is 3.42. The molecule has 0 amide bonds. The summed E-state index contributed by atoms with van der Waals surface area (Å²) in [7, 11) is 2.02. The number of nitrogens with zero attached hydrogens (tertiary/aromatic N) is 2. The molecule has 0 unspecified atom stereocenters. The van der Waals surface area contributed by atoms with E-state index >= 15 is 0 Å². The topological polar surface area (TPSA) is 27.0 Å². The van der Waals surface area contributed by atoms with Crippen molar-refractivity contribution in [2.75, 3.05) is 13.6 Å². The lowest BCUT2D eigenvalue weighted by Crippen LogP contribution is -2.31. The molecule has 82 valence electrons. The molecule has 1 aromatic rings. The number of hydrogen-bond acceptors (Lipinski definition) is 2. The van der Waals surface area contributed by atoms with Gasteiger partial charge in [-0.15, -0.1) is 6.42 Å². The highest BCUT2D eigenvalue weighted by atomic mass is 15.1. The minimum Gasteiger partial charge on any atom is -0.292 e. The normalized spacial score (nSPS) is 11.8. The van der Waals surface area contributed by atoms with Crippen LogP contribution in [-0.4, -0.2) is 24.5 Å². The Morgan fingerprint density at radius 3 is 2.50 bits per heavy atom. The molecule has 0 aliphatic heterocycles. The first-order chi connectivity index (χ1) is 7.67. The Hall–Kier alpha value is -1.77. The van der Waals surface area contributed by atoms with E-state index in [1.165, 1.54) is 5.56 Å². The Balaban J connectivity index is 2.60. The van der Waals surface area contributed by atoms with Crippen LogP contribution in [-0.2, 0) is 6.42 Å². The number of hydrogen-bond donors (Lipinski definition) is 0. The van der Waals surface area contributed by atoms with E-state index in [1.807, 2.05) is 31.3 Å². The van der Waals surface area contributed by atoms with Crippen LogP contribution in [0.4, 0.5) is 0 Å². The number of nitriles is 1. The van der Waals surface area contributed by atoms with Crippen LogP contribution >= 0.6 is 0 Å². The van der Waals surface area contributed by atoms with Crippen LogP contribution < -0.4 is 0 Å². The van der Waals surface area contributed by atoms with Gasteiger partial charge in [0.05, 0.1) is 18.2 Å². The molecule has 0 heterocycles. The molecule has 16 heavy (non-hydrogen) atoms. The molecule has 0 fully saturated rings. The zero-order valence-corrected chi connectivity index (χ0v) is 9.77. The van der Waals surface area contributed by atoms with E-state index < -0.39 is 0 Å². The van der Waals surface area contributed by atoms with Crippen LogP contribution in [0.2, 0.25) is 0 Å². The van der Waals surface area contributed by atoms with E-state index in [1.54, 1.807) is 0 Å². The summed E-state index contributed by atoms with van der Waals surface area (Å²) >= 11 is 0. The van der Waals surface area contributed by atoms with Gasteiger partial charge in [-0.25, -0.2) is 0 Å². The van der Waals surface area contributed by atoms with Crippen molar-refractivity contribution < 1.29 is 0 Å². The third-order valence-corrected chi connectivity index (χ3v) is 2.71. The maximum atomic E-state index is 8.69. The highest BCUT2D eigenvalue weighted by Crippen LogP contribution is 2.08. The van der Waals surface area contributed by atoms with Gasteiger partial charge in [0.2, 0.25) is 0 Å². The van der Waals surface area contributed by atoms with Gasteiger partial charge < -0.3 is 0 Å². The Labute approximate surface area is 97.5 Å². The fourth-order valence-corrected chi connectivity index (χ4v) is 1.51. The monoisotopic (exact) mass is 212 g/mol. The zero-order chi connectivity index (χ0) is 12.0. The molecule has 2 heteroatoms. The molecule has 2 nitrogen and oxygen atoms in total. The van der Waals surface area contributed by atoms with Gasteiger partial charge >= 0.3 is 0 Å². The van der Waals surface area contributed by atoms with Crippen molar-refractivity contribution in [2.24, 2.45) is 0 Å². The van der Waals surface area contributed by atoms with Crippen LogP contribution in [0.25, 0.3) is 0 Å². The Morgan fingerprint density at radius 2 is 2.00 bits per heavy atom. The lowest BCUT2D eigenvalue weighted by atomic mass is 10.0. The lowest BCUT2D eigenvalue weighted by molar-refractivity contribution is 0.287. The largest absolute Gasteiger partial charge is 0.292 e. The number of benzene rings is 1. The minimum absolute atomic E-state index is 0.406. The molecule has 0 aliphatic carbocycles. The zero-order valence-electron chi connectivity index (χ0n) is 9.77. The average Bonchev–Trinajstić information content (AvgIpc) is 2.30. The van der Waals surface area contributed by atoms with Crippen molar-refractivity contribution in [3.05, 3.63) is 35.4 Å². The van der Waals surface area contributed by atoms with Gasteiger partial charge in [0.25, 0.3) is 0 Å². The first-order valence-corrected chi connectivity index (χ1v) is 5.30. The van der Waals surface area contributed by atoms with Crippen LogP contribution in [0, 0.1) is 23.7 Å².